The molecule has 4 atom stereocenters. The van der Waals surface area contributed by atoms with Gasteiger partial charge in [-0.2, -0.15) is 0 Å². The molecule has 3 aliphatic rings. The van der Waals surface area contributed by atoms with Crippen LogP contribution < -0.4 is 0 Å². The Labute approximate surface area is 106 Å². The molecule has 5 heteroatoms. The zero-order valence-electron chi connectivity index (χ0n) is 10.7. The van der Waals surface area contributed by atoms with E-state index < -0.39 is 17.5 Å². The molecule has 0 aromatic heterocycles. The molecule has 2 heterocycles. The van der Waals surface area contributed by atoms with Crippen LogP contribution in [-0.4, -0.2) is 36.9 Å². The number of esters is 2. The van der Waals surface area contributed by atoms with Crippen LogP contribution in [0.1, 0.15) is 33.1 Å². The van der Waals surface area contributed by atoms with Crippen molar-refractivity contribution in [2.45, 2.75) is 51.4 Å². The molecule has 2 aliphatic heterocycles. The van der Waals surface area contributed by atoms with E-state index in [1.54, 1.807) is 0 Å². The van der Waals surface area contributed by atoms with Gasteiger partial charge in [-0.15, -0.1) is 0 Å². The van der Waals surface area contributed by atoms with Crippen molar-refractivity contribution in [2.24, 2.45) is 11.3 Å². The van der Waals surface area contributed by atoms with Crippen molar-refractivity contribution in [3.05, 3.63) is 0 Å². The summed E-state index contributed by atoms with van der Waals surface area (Å²) in [6, 6.07) is 0. The van der Waals surface area contributed by atoms with E-state index in [9.17, 15) is 9.59 Å². The van der Waals surface area contributed by atoms with Crippen molar-refractivity contribution in [1.29, 1.82) is 0 Å². The maximum absolute atomic E-state index is 12.1. The van der Waals surface area contributed by atoms with E-state index in [0.29, 0.717) is 12.7 Å². The molecule has 0 amide bonds. The van der Waals surface area contributed by atoms with E-state index in [2.05, 4.69) is 0 Å². The molecule has 0 N–H and O–H groups in total. The fraction of sp³-hybridized carbons (Fsp3) is 0.846. The molecule has 0 unspecified atom stereocenters. The fourth-order valence-electron chi connectivity index (χ4n) is 2.77. The number of epoxide rings is 1. The first-order chi connectivity index (χ1) is 8.47. The van der Waals surface area contributed by atoms with Crippen molar-refractivity contribution < 1.29 is 23.8 Å². The highest BCUT2D eigenvalue weighted by molar-refractivity contribution is 5.82. The van der Waals surface area contributed by atoms with Gasteiger partial charge in [-0.3, -0.25) is 4.79 Å². The summed E-state index contributed by atoms with van der Waals surface area (Å²) in [5.41, 5.74) is -0.431. The Balaban J connectivity index is 1.61. The largest absolute Gasteiger partial charge is 0.462 e. The fourth-order valence-corrected chi connectivity index (χ4v) is 2.77. The number of cyclic esters (lactones) is 1. The monoisotopic (exact) mass is 254 g/mol. The predicted octanol–water partition coefficient (Wildman–Crippen LogP) is 1.05. The Kier molecular flexibility index (Phi) is 2.62. The average Bonchev–Trinajstić information content (AvgIpc) is 3.05. The van der Waals surface area contributed by atoms with Crippen LogP contribution in [0.2, 0.25) is 0 Å². The number of hydrogen-bond acceptors (Lipinski definition) is 5. The minimum atomic E-state index is -0.761. The minimum Gasteiger partial charge on any atom is -0.462 e. The molecule has 1 aliphatic carbocycles. The van der Waals surface area contributed by atoms with Gasteiger partial charge in [0.2, 0.25) is 6.10 Å². The smallest absolute Gasteiger partial charge is 0.348 e. The Morgan fingerprint density at radius 3 is 2.72 bits per heavy atom. The van der Waals surface area contributed by atoms with Gasteiger partial charge in [0.05, 0.1) is 18.1 Å². The molecule has 0 spiro atoms. The zero-order valence-corrected chi connectivity index (χ0v) is 10.7. The minimum absolute atomic E-state index is 0.127. The van der Waals surface area contributed by atoms with Gasteiger partial charge in [0.1, 0.15) is 6.61 Å². The molecule has 0 aromatic carbocycles. The van der Waals surface area contributed by atoms with E-state index in [-0.39, 0.29) is 18.0 Å². The number of fused-ring (bicyclic) bond motifs is 1. The summed E-state index contributed by atoms with van der Waals surface area (Å²) in [6.07, 6.45) is 2.28. The third kappa shape index (κ3) is 2.00. The molecule has 18 heavy (non-hydrogen) atoms. The maximum Gasteiger partial charge on any atom is 0.348 e. The van der Waals surface area contributed by atoms with Gasteiger partial charge < -0.3 is 14.2 Å². The summed E-state index contributed by atoms with van der Waals surface area (Å²) in [5.74, 6) is -0.830. The SMILES string of the molecule is CC1(C)COC(=O)[C@@H]1OC(=O)[C@H]1CC[C@@H]2O[C@@H]2C1. The van der Waals surface area contributed by atoms with Crippen LogP contribution in [0.15, 0.2) is 0 Å². The summed E-state index contributed by atoms with van der Waals surface area (Å²) in [6.45, 7) is 4.05. The number of carbonyl (C=O) groups excluding carboxylic acids is 2. The lowest BCUT2D eigenvalue weighted by atomic mass is 9.88. The summed E-state index contributed by atoms with van der Waals surface area (Å²) in [4.78, 5) is 23.6. The first-order valence-corrected chi connectivity index (χ1v) is 6.50. The second-order valence-corrected chi connectivity index (χ2v) is 6.14. The molecule has 5 nitrogen and oxygen atoms in total. The van der Waals surface area contributed by atoms with Crippen LogP contribution in [0.5, 0.6) is 0 Å². The van der Waals surface area contributed by atoms with Crippen LogP contribution in [0.25, 0.3) is 0 Å². The lowest BCUT2D eigenvalue weighted by Crippen LogP contribution is -2.37. The van der Waals surface area contributed by atoms with Crippen LogP contribution in [-0.2, 0) is 23.8 Å². The van der Waals surface area contributed by atoms with E-state index in [1.165, 1.54) is 0 Å². The molecule has 0 bridgehead atoms. The van der Waals surface area contributed by atoms with Gasteiger partial charge >= 0.3 is 11.9 Å². The Morgan fingerprint density at radius 2 is 2.11 bits per heavy atom. The molecule has 1 saturated carbocycles. The lowest BCUT2D eigenvalue weighted by Gasteiger charge is -2.24. The molecule has 100 valence electrons. The van der Waals surface area contributed by atoms with Crippen molar-refractivity contribution in [2.75, 3.05) is 6.61 Å². The van der Waals surface area contributed by atoms with Gasteiger partial charge in [-0.25, -0.2) is 4.79 Å². The Bertz CT molecular complexity index is 389. The number of hydrogen-bond donors (Lipinski definition) is 0. The quantitative estimate of drug-likeness (QED) is 0.544. The highest BCUT2D eigenvalue weighted by Gasteiger charge is 2.50. The van der Waals surface area contributed by atoms with Gasteiger partial charge in [-0.1, -0.05) is 13.8 Å². The van der Waals surface area contributed by atoms with Crippen LogP contribution in [0, 0.1) is 11.3 Å². The van der Waals surface area contributed by atoms with Crippen molar-refractivity contribution in [1.82, 2.24) is 0 Å². The van der Waals surface area contributed by atoms with E-state index in [1.807, 2.05) is 13.8 Å². The van der Waals surface area contributed by atoms with Crippen LogP contribution >= 0.6 is 0 Å². The number of rotatable bonds is 2. The molecule has 2 saturated heterocycles. The molecular weight excluding hydrogens is 236 g/mol. The molecular formula is C13H18O5. The summed E-state index contributed by atoms with van der Waals surface area (Å²) >= 11 is 0. The highest BCUT2D eigenvalue weighted by atomic mass is 16.6. The highest BCUT2D eigenvalue weighted by Crippen LogP contribution is 2.40. The predicted molar refractivity (Wildman–Crippen MR) is 60.6 cm³/mol. The first-order valence-electron chi connectivity index (χ1n) is 6.50. The summed E-state index contributed by atoms with van der Waals surface area (Å²) in [7, 11) is 0. The first kappa shape index (κ1) is 12.0. The van der Waals surface area contributed by atoms with Crippen molar-refractivity contribution in [3.63, 3.8) is 0 Å². The number of ether oxygens (including phenoxy) is 3. The van der Waals surface area contributed by atoms with Gasteiger partial charge in [-0.05, 0) is 19.3 Å². The van der Waals surface area contributed by atoms with Crippen molar-refractivity contribution >= 4 is 11.9 Å². The Hall–Kier alpha value is -1.10. The second kappa shape index (κ2) is 3.95. The van der Waals surface area contributed by atoms with E-state index in [4.69, 9.17) is 14.2 Å². The summed E-state index contributed by atoms with van der Waals surface area (Å²) in [5, 5.41) is 0. The van der Waals surface area contributed by atoms with Gasteiger partial charge in [0.15, 0.2) is 0 Å². The third-order valence-electron chi connectivity index (χ3n) is 4.08. The van der Waals surface area contributed by atoms with Gasteiger partial charge in [0, 0.05) is 5.41 Å². The normalized spacial score (nSPS) is 40.9. The lowest BCUT2D eigenvalue weighted by molar-refractivity contribution is -0.167. The Morgan fingerprint density at radius 1 is 1.33 bits per heavy atom. The summed E-state index contributed by atoms with van der Waals surface area (Å²) < 4.78 is 15.7. The maximum atomic E-state index is 12.1. The second-order valence-electron chi connectivity index (χ2n) is 6.14. The van der Waals surface area contributed by atoms with Gasteiger partial charge in [0.25, 0.3) is 0 Å². The topological polar surface area (TPSA) is 65.1 Å². The molecule has 0 aromatic rings. The zero-order chi connectivity index (χ0) is 12.9. The average molecular weight is 254 g/mol. The molecule has 0 radical (unpaired) electrons. The van der Waals surface area contributed by atoms with Crippen LogP contribution in [0.3, 0.4) is 0 Å². The van der Waals surface area contributed by atoms with E-state index in [0.717, 1.165) is 19.3 Å². The third-order valence-corrected chi connectivity index (χ3v) is 4.08. The van der Waals surface area contributed by atoms with Crippen molar-refractivity contribution in [3.8, 4) is 0 Å². The molecule has 3 fully saturated rings. The van der Waals surface area contributed by atoms with E-state index >= 15 is 0 Å². The molecule has 3 rings (SSSR count). The standard InChI is InChI=1S/C13H18O5/c1-13(2)6-16-12(15)10(13)18-11(14)7-3-4-8-9(5-7)17-8/h7-10H,3-6H2,1-2H3/t7-,8-,9+,10-/m0/s1. The van der Waals surface area contributed by atoms with Crippen LogP contribution in [0.4, 0.5) is 0 Å². The number of carbonyl (C=O) groups is 2.